The molecule has 1 aromatic carbocycles. The lowest BCUT2D eigenvalue weighted by Crippen LogP contribution is -2.48. The summed E-state index contributed by atoms with van der Waals surface area (Å²) in [5, 5.41) is 25.3. The Morgan fingerprint density at radius 2 is 2.00 bits per heavy atom. The van der Waals surface area contributed by atoms with Crippen molar-refractivity contribution in [2.75, 3.05) is 39.0 Å². The van der Waals surface area contributed by atoms with Crippen LogP contribution in [0.15, 0.2) is 24.5 Å². The SMILES string of the molecule is COc1cc(C)cc2cc(-c3c(CO)c(CN4CCN(C(=O)O)CC4)n4ncnc(N)c34)sc12. The molecule has 4 N–H and O–H groups in total. The van der Waals surface area contributed by atoms with Crippen molar-refractivity contribution in [3.05, 3.63) is 41.3 Å². The Morgan fingerprint density at radius 3 is 2.68 bits per heavy atom. The van der Waals surface area contributed by atoms with Gasteiger partial charge in [-0.05, 0) is 30.0 Å². The van der Waals surface area contributed by atoms with Crippen LogP contribution in [-0.4, -0.2) is 74.0 Å². The summed E-state index contributed by atoms with van der Waals surface area (Å²) in [4.78, 5) is 20.0. The third-order valence-corrected chi connectivity index (χ3v) is 7.51. The van der Waals surface area contributed by atoms with Crippen molar-refractivity contribution >= 4 is 38.9 Å². The second-order valence-electron chi connectivity index (χ2n) is 8.41. The fraction of sp³-hybridized carbons (Fsp3) is 0.348. The molecular weight excluding hydrogens is 456 g/mol. The summed E-state index contributed by atoms with van der Waals surface area (Å²) in [7, 11) is 1.66. The third kappa shape index (κ3) is 3.71. The summed E-state index contributed by atoms with van der Waals surface area (Å²) in [6, 6.07) is 6.20. The Kier molecular flexibility index (Phi) is 5.76. The van der Waals surface area contributed by atoms with E-state index in [1.807, 2.05) is 13.0 Å². The lowest BCUT2D eigenvalue weighted by molar-refractivity contribution is 0.102. The predicted octanol–water partition coefficient (Wildman–Crippen LogP) is 2.80. The molecule has 0 spiro atoms. The van der Waals surface area contributed by atoms with Crippen LogP contribution in [0.3, 0.4) is 0 Å². The molecular formula is C23H26N6O4S. The number of carboxylic acid groups (broad SMARTS) is 1. The number of fused-ring (bicyclic) bond motifs is 2. The van der Waals surface area contributed by atoms with Crippen LogP contribution in [0.25, 0.3) is 26.0 Å². The van der Waals surface area contributed by atoms with Crippen LogP contribution in [0.1, 0.15) is 16.8 Å². The van der Waals surface area contributed by atoms with Gasteiger partial charge in [-0.15, -0.1) is 11.3 Å². The number of nitrogens with zero attached hydrogens (tertiary/aromatic N) is 5. The molecule has 1 saturated heterocycles. The largest absolute Gasteiger partial charge is 0.495 e. The minimum atomic E-state index is -0.901. The molecule has 178 valence electrons. The van der Waals surface area contributed by atoms with E-state index in [1.54, 1.807) is 23.0 Å². The van der Waals surface area contributed by atoms with Crippen molar-refractivity contribution in [3.63, 3.8) is 0 Å². The summed E-state index contributed by atoms with van der Waals surface area (Å²) in [5.41, 5.74) is 10.5. The van der Waals surface area contributed by atoms with Gasteiger partial charge in [0.2, 0.25) is 0 Å². The van der Waals surface area contributed by atoms with Crippen molar-refractivity contribution in [2.24, 2.45) is 0 Å². The number of aryl methyl sites for hydroxylation is 1. The lowest BCUT2D eigenvalue weighted by Gasteiger charge is -2.33. The van der Waals surface area contributed by atoms with Gasteiger partial charge in [-0.2, -0.15) is 5.10 Å². The number of aliphatic hydroxyl groups excluding tert-OH is 1. The van der Waals surface area contributed by atoms with Crippen LogP contribution in [0.4, 0.5) is 10.6 Å². The van der Waals surface area contributed by atoms with Crippen LogP contribution >= 0.6 is 11.3 Å². The number of piperazine rings is 1. The first-order chi connectivity index (χ1) is 16.4. The molecule has 0 bridgehead atoms. The summed E-state index contributed by atoms with van der Waals surface area (Å²) < 4.78 is 8.40. The van der Waals surface area contributed by atoms with E-state index in [9.17, 15) is 15.0 Å². The zero-order valence-corrected chi connectivity index (χ0v) is 19.8. The monoisotopic (exact) mass is 482 g/mol. The fourth-order valence-electron chi connectivity index (χ4n) is 4.67. The average Bonchev–Trinajstić information content (AvgIpc) is 3.38. The molecule has 5 rings (SSSR count). The van der Waals surface area contributed by atoms with Crippen molar-refractivity contribution < 1.29 is 19.7 Å². The van der Waals surface area contributed by atoms with Gasteiger partial charge >= 0.3 is 6.09 Å². The van der Waals surface area contributed by atoms with Crippen molar-refractivity contribution in [3.8, 4) is 16.2 Å². The number of ether oxygens (including phenoxy) is 1. The van der Waals surface area contributed by atoms with E-state index in [0.717, 1.165) is 43.1 Å². The van der Waals surface area contributed by atoms with Crippen LogP contribution in [0.2, 0.25) is 0 Å². The minimum Gasteiger partial charge on any atom is -0.495 e. The summed E-state index contributed by atoms with van der Waals surface area (Å²) in [6.07, 6.45) is 0.512. The van der Waals surface area contributed by atoms with Gasteiger partial charge in [0.05, 0.1) is 24.1 Å². The Morgan fingerprint density at radius 1 is 1.24 bits per heavy atom. The fourth-order valence-corrected chi connectivity index (χ4v) is 5.87. The van der Waals surface area contributed by atoms with E-state index < -0.39 is 6.09 Å². The molecule has 0 aliphatic carbocycles. The topological polar surface area (TPSA) is 129 Å². The van der Waals surface area contributed by atoms with Crippen LogP contribution in [0, 0.1) is 6.92 Å². The number of hydrogen-bond acceptors (Lipinski definition) is 8. The van der Waals surface area contributed by atoms with Gasteiger partial charge in [0.25, 0.3) is 0 Å². The minimum absolute atomic E-state index is 0.188. The van der Waals surface area contributed by atoms with E-state index in [-0.39, 0.29) is 6.61 Å². The predicted molar refractivity (Wildman–Crippen MR) is 130 cm³/mol. The summed E-state index contributed by atoms with van der Waals surface area (Å²) >= 11 is 1.58. The van der Waals surface area contributed by atoms with E-state index in [4.69, 9.17) is 10.5 Å². The van der Waals surface area contributed by atoms with Gasteiger partial charge in [0.1, 0.15) is 17.6 Å². The number of carbonyl (C=O) groups is 1. The number of nitrogen functional groups attached to an aromatic ring is 1. The average molecular weight is 483 g/mol. The number of rotatable bonds is 5. The van der Waals surface area contributed by atoms with Gasteiger partial charge in [0, 0.05) is 48.7 Å². The maximum absolute atomic E-state index is 11.3. The molecule has 1 aliphatic rings. The quantitative estimate of drug-likeness (QED) is 0.396. The highest BCUT2D eigenvalue weighted by Crippen LogP contribution is 2.44. The molecule has 1 aliphatic heterocycles. The van der Waals surface area contributed by atoms with Crippen LogP contribution in [-0.2, 0) is 13.2 Å². The molecule has 4 aromatic rings. The Labute approximate surface area is 199 Å². The Bertz CT molecular complexity index is 1390. The first kappa shape index (κ1) is 22.4. The number of anilines is 1. The number of aliphatic hydroxyl groups is 1. The van der Waals surface area contributed by atoms with Crippen molar-refractivity contribution in [1.29, 1.82) is 0 Å². The van der Waals surface area contributed by atoms with Crippen LogP contribution < -0.4 is 10.5 Å². The van der Waals surface area contributed by atoms with E-state index in [2.05, 4.69) is 27.1 Å². The summed E-state index contributed by atoms with van der Waals surface area (Å²) in [6.45, 7) is 4.42. The number of benzene rings is 1. The first-order valence-corrected chi connectivity index (χ1v) is 11.8. The number of hydrogen-bond donors (Lipinski definition) is 3. The molecule has 3 aromatic heterocycles. The number of nitrogens with two attached hydrogens (primary N) is 1. The van der Waals surface area contributed by atoms with E-state index in [1.165, 1.54) is 11.2 Å². The number of thiophene rings is 1. The standard InChI is InChI=1S/C23H26N6O4S/c1-13-7-14-9-18(34-21(14)17(8-13)33-2)19-15(11-30)16(29-20(19)22(24)25-12-26-29)10-27-3-5-28(6-4-27)23(31)32/h7-9,12,30H,3-6,10-11H2,1-2H3,(H,31,32)(H2,24,25,26). The normalized spacial score (nSPS) is 14.9. The first-order valence-electron chi connectivity index (χ1n) is 10.9. The molecule has 10 nitrogen and oxygen atoms in total. The highest BCUT2D eigenvalue weighted by atomic mass is 32.1. The zero-order valence-electron chi connectivity index (χ0n) is 19.0. The maximum Gasteiger partial charge on any atom is 0.407 e. The second-order valence-corrected chi connectivity index (χ2v) is 9.46. The van der Waals surface area contributed by atoms with E-state index in [0.29, 0.717) is 44.1 Å². The molecule has 1 amide bonds. The number of aromatic nitrogens is 3. The van der Waals surface area contributed by atoms with Gasteiger partial charge in [-0.3, -0.25) is 4.90 Å². The molecule has 1 fully saturated rings. The van der Waals surface area contributed by atoms with Gasteiger partial charge < -0.3 is 25.6 Å². The smallest absolute Gasteiger partial charge is 0.407 e. The maximum atomic E-state index is 11.3. The number of methoxy groups -OCH3 is 1. The van der Waals surface area contributed by atoms with Crippen molar-refractivity contribution in [2.45, 2.75) is 20.1 Å². The lowest BCUT2D eigenvalue weighted by atomic mass is 10.1. The van der Waals surface area contributed by atoms with E-state index >= 15 is 0 Å². The van der Waals surface area contributed by atoms with Crippen molar-refractivity contribution in [1.82, 2.24) is 24.4 Å². The number of amides is 1. The molecule has 11 heteroatoms. The molecule has 4 heterocycles. The summed E-state index contributed by atoms with van der Waals surface area (Å²) in [5.74, 6) is 1.14. The second kappa shape index (κ2) is 8.75. The molecule has 0 radical (unpaired) electrons. The highest BCUT2D eigenvalue weighted by Gasteiger charge is 2.27. The Balaban J connectivity index is 1.64. The zero-order chi connectivity index (χ0) is 24.0. The van der Waals surface area contributed by atoms with Gasteiger partial charge in [-0.1, -0.05) is 6.07 Å². The van der Waals surface area contributed by atoms with Gasteiger partial charge in [-0.25, -0.2) is 14.3 Å². The van der Waals surface area contributed by atoms with Gasteiger partial charge in [0.15, 0.2) is 5.82 Å². The third-order valence-electron chi connectivity index (χ3n) is 6.33. The molecule has 34 heavy (non-hydrogen) atoms. The van der Waals surface area contributed by atoms with Crippen LogP contribution in [0.5, 0.6) is 5.75 Å². The highest BCUT2D eigenvalue weighted by molar-refractivity contribution is 7.22. The molecule has 0 saturated carbocycles. The molecule has 0 atom stereocenters. The Hall–Kier alpha value is -3.41. The molecule has 0 unspecified atom stereocenters.